The zero-order chi connectivity index (χ0) is 13.7. The number of hydrogen-bond acceptors (Lipinski definition) is 5. The molecule has 0 aromatic heterocycles. The third-order valence-electron chi connectivity index (χ3n) is 2.30. The second-order valence-electron chi connectivity index (χ2n) is 3.65. The van der Waals surface area contributed by atoms with Gasteiger partial charge < -0.3 is 14.8 Å². The molecule has 2 rings (SSSR count). The standard InChI is InChI=1S/C14H10O4S.Na.H2O/c15-13(16)10-5-4-6-11(9-10)14(17)18-19-12-7-2-1-3-8-12;;/h1-9H,(H,15,16);;1H2/q;+1;/p-1. The molecular weight excluding hydrogens is 303 g/mol. The fourth-order valence-electron chi connectivity index (χ4n) is 1.39. The van der Waals surface area contributed by atoms with Crippen LogP contribution < -0.4 is 29.6 Å². The van der Waals surface area contributed by atoms with E-state index in [1.807, 2.05) is 30.3 Å². The van der Waals surface area contributed by atoms with Crippen molar-refractivity contribution in [3.05, 3.63) is 65.7 Å². The summed E-state index contributed by atoms with van der Waals surface area (Å²) >= 11 is 0.941. The van der Waals surface area contributed by atoms with E-state index in [9.17, 15) is 9.59 Å². The molecule has 0 fully saturated rings. The Balaban J connectivity index is 0.00000200. The number of carboxylic acid groups (broad SMARTS) is 1. The van der Waals surface area contributed by atoms with Gasteiger partial charge in [-0.3, -0.25) is 0 Å². The van der Waals surface area contributed by atoms with Gasteiger partial charge in [0, 0.05) is 4.90 Å². The normalized spacial score (nSPS) is 8.95. The van der Waals surface area contributed by atoms with Crippen LogP contribution in [0.1, 0.15) is 20.7 Å². The molecule has 0 spiro atoms. The third-order valence-corrected chi connectivity index (χ3v) is 3.00. The molecule has 5 nitrogen and oxygen atoms in total. The summed E-state index contributed by atoms with van der Waals surface area (Å²) < 4.78 is 5.03. The van der Waals surface area contributed by atoms with Gasteiger partial charge in [0.15, 0.2) is 0 Å². The second kappa shape index (κ2) is 9.59. The van der Waals surface area contributed by atoms with Crippen LogP contribution >= 0.6 is 12.0 Å². The number of aromatic carboxylic acids is 1. The predicted octanol–water partition coefficient (Wildman–Crippen LogP) is 0.0761. The first kappa shape index (κ1) is 19.7. The molecular formula is C14H11NaO5S. The molecule has 104 valence electrons. The number of carbonyl (C=O) groups excluding carboxylic acids is 1. The van der Waals surface area contributed by atoms with E-state index >= 15 is 0 Å². The summed E-state index contributed by atoms with van der Waals surface area (Å²) in [6, 6.07) is 14.9. The molecule has 0 saturated carbocycles. The van der Waals surface area contributed by atoms with Gasteiger partial charge in [-0.05, 0) is 30.3 Å². The Labute approximate surface area is 148 Å². The largest absolute Gasteiger partial charge is 1.00 e. The van der Waals surface area contributed by atoms with Crippen molar-refractivity contribution in [3.8, 4) is 0 Å². The molecule has 0 aliphatic heterocycles. The summed E-state index contributed by atoms with van der Waals surface area (Å²) in [6.45, 7) is 0. The van der Waals surface area contributed by atoms with Gasteiger partial charge in [0.25, 0.3) is 0 Å². The van der Waals surface area contributed by atoms with Crippen molar-refractivity contribution >= 4 is 24.0 Å². The van der Waals surface area contributed by atoms with E-state index in [1.165, 1.54) is 24.3 Å². The van der Waals surface area contributed by atoms with Crippen LogP contribution in [0.25, 0.3) is 0 Å². The SMILES string of the molecule is O=C(O)c1cccc(C(=O)OSc2ccccc2)c1.[Na+].[OH-]. The summed E-state index contributed by atoms with van der Waals surface area (Å²) in [4.78, 5) is 23.4. The maximum atomic E-state index is 11.8. The van der Waals surface area contributed by atoms with Crippen LogP contribution in [-0.2, 0) is 4.18 Å². The van der Waals surface area contributed by atoms with E-state index in [2.05, 4.69) is 0 Å². The molecule has 2 aromatic rings. The van der Waals surface area contributed by atoms with Gasteiger partial charge in [0.05, 0.1) is 23.2 Å². The van der Waals surface area contributed by atoms with Crippen LogP contribution in [0.4, 0.5) is 0 Å². The average Bonchev–Trinajstić information content (AvgIpc) is 2.46. The maximum absolute atomic E-state index is 11.8. The number of carboxylic acids is 1. The van der Waals surface area contributed by atoms with Crippen molar-refractivity contribution in [3.63, 3.8) is 0 Å². The predicted molar refractivity (Wildman–Crippen MR) is 73.1 cm³/mol. The van der Waals surface area contributed by atoms with Gasteiger partial charge in [-0.25, -0.2) is 9.59 Å². The summed E-state index contributed by atoms with van der Waals surface area (Å²) in [5.74, 6) is -1.65. The van der Waals surface area contributed by atoms with Gasteiger partial charge in [-0.2, -0.15) is 0 Å². The molecule has 2 N–H and O–H groups in total. The van der Waals surface area contributed by atoms with E-state index in [0.717, 1.165) is 16.9 Å². The van der Waals surface area contributed by atoms with Crippen LogP contribution in [0, 0.1) is 0 Å². The van der Waals surface area contributed by atoms with Gasteiger partial charge in [0.2, 0.25) is 0 Å². The van der Waals surface area contributed by atoms with Crippen molar-refractivity contribution in [2.75, 3.05) is 0 Å². The van der Waals surface area contributed by atoms with Gasteiger partial charge >= 0.3 is 41.5 Å². The first-order valence-corrected chi connectivity index (χ1v) is 6.18. The Hall–Kier alpha value is -1.31. The zero-order valence-corrected chi connectivity index (χ0v) is 14.0. The van der Waals surface area contributed by atoms with Crippen LogP contribution in [0.2, 0.25) is 0 Å². The van der Waals surface area contributed by atoms with Crippen LogP contribution in [0.3, 0.4) is 0 Å². The van der Waals surface area contributed by atoms with E-state index in [1.54, 1.807) is 0 Å². The van der Waals surface area contributed by atoms with E-state index in [-0.39, 0.29) is 46.2 Å². The summed E-state index contributed by atoms with van der Waals surface area (Å²) in [6.07, 6.45) is 0. The van der Waals surface area contributed by atoms with E-state index < -0.39 is 11.9 Å². The maximum Gasteiger partial charge on any atom is 1.00 e. The number of hydrogen-bond donors (Lipinski definition) is 1. The minimum absolute atomic E-state index is 0. The molecule has 0 bridgehead atoms. The molecule has 0 heterocycles. The fraction of sp³-hybridized carbons (Fsp3) is 0. The Bertz CT molecular complexity index is 603. The minimum Gasteiger partial charge on any atom is -0.870 e. The molecule has 0 amide bonds. The zero-order valence-electron chi connectivity index (χ0n) is 11.2. The molecule has 0 radical (unpaired) electrons. The molecule has 0 aliphatic carbocycles. The Kier molecular flexibility index (Phi) is 9.00. The van der Waals surface area contributed by atoms with E-state index in [4.69, 9.17) is 9.29 Å². The van der Waals surface area contributed by atoms with E-state index in [0.29, 0.717) is 0 Å². The average molecular weight is 314 g/mol. The van der Waals surface area contributed by atoms with Crippen LogP contribution in [0.15, 0.2) is 59.5 Å². The summed E-state index contributed by atoms with van der Waals surface area (Å²) in [5, 5.41) is 8.84. The second-order valence-corrected chi connectivity index (χ2v) is 4.46. The van der Waals surface area contributed by atoms with Gasteiger partial charge in [-0.15, -0.1) is 0 Å². The number of rotatable bonds is 4. The summed E-state index contributed by atoms with van der Waals surface area (Å²) in [5.41, 5.74) is 0.266. The Morgan fingerprint density at radius 3 is 2.19 bits per heavy atom. The van der Waals surface area contributed by atoms with Crippen LogP contribution in [-0.4, -0.2) is 22.5 Å². The molecule has 0 saturated heterocycles. The first-order chi connectivity index (χ1) is 9.16. The van der Waals surface area contributed by atoms with Crippen molar-refractivity contribution in [2.24, 2.45) is 0 Å². The Morgan fingerprint density at radius 2 is 1.57 bits per heavy atom. The monoisotopic (exact) mass is 314 g/mol. The summed E-state index contributed by atoms with van der Waals surface area (Å²) in [7, 11) is 0. The number of carbonyl (C=O) groups is 2. The van der Waals surface area contributed by atoms with Gasteiger partial charge in [-0.1, -0.05) is 24.3 Å². The van der Waals surface area contributed by atoms with Gasteiger partial charge in [0.1, 0.15) is 0 Å². The quantitative estimate of drug-likeness (QED) is 0.634. The van der Waals surface area contributed by atoms with Crippen LogP contribution in [0.5, 0.6) is 0 Å². The minimum atomic E-state index is -1.08. The molecule has 0 aliphatic rings. The molecule has 2 aromatic carbocycles. The molecule has 0 atom stereocenters. The first-order valence-electron chi connectivity index (χ1n) is 5.44. The van der Waals surface area contributed by atoms with Crippen molar-refractivity contribution < 1.29 is 53.9 Å². The topological polar surface area (TPSA) is 93.6 Å². The number of benzene rings is 2. The van der Waals surface area contributed by atoms with Crippen molar-refractivity contribution in [2.45, 2.75) is 4.90 Å². The van der Waals surface area contributed by atoms with Crippen molar-refractivity contribution in [1.82, 2.24) is 0 Å². The molecule has 21 heavy (non-hydrogen) atoms. The Morgan fingerprint density at radius 1 is 0.952 bits per heavy atom. The molecule has 7 heteroatoms. The smallest absolute Gasteiger partial charge is 0.870 e. The van der Waals surface area contributed by atoms with Crippen molar-refractivity contribution in [1.29, 1.82) is 0 Å². The fourth-order valence-corrected chi connectivity index (χ4v) is 1.93. The molecule has 0 unspecified atom stereocenters. The third kappa shape index (κ3) is 5.91.